The molecule has 98 valence electrons. The number of carbonyl (C=O) groups excluding carboxylic acids is 1. The molecule has 0 N–H and O–H groups in total. The topological polar surface area (TPSA) is 26.3 Å². The van der Waals surface area contributed by atoms with Crippen LogP contribution in [-0.2, 0) is 9.53 Å². The minimum absolute atomic E-state index is 0.255. The fraction of sp³-hybridized carbons (Fsp3) is 0.438. The first-order valence-electron chi connectivity index (χ1n) is 6.67. The summed E-state index contributed by atoms with van der Waals surface area (Å²) >= 11 is 0. The van der Waals surface area contributed by atoms with Crippen LogP contribution < -0.4 is 0 Å². The van der Waals surface area contributed by atoms with Crippen molar-refractivity contribution in [2.24, 2.45) is 0 Å². The molecule has 1 atom stereocenters. The highest BCUT2D eigenvalue weighted by molar-refractivity contribution is 5.82. The molecule has 0 amide bonds. The van der Waals surface area contributed by atoms with Gasteiger partial charge in [0.05, 0.1) is 6.61 Å². The van der Waals surface area contributed by atoms with Gasteiger partial charge >= 0.3 is 5.97 Å². The molecule has 0 spiro atoms. The van der Waals surface area contributed by atoms with Gasteiger partial charge < -0.3 is 4.74 Å². The van der Waals surface area contributed by atoms with E-state index in [2.05, 4.69) is 19.1 Å². The van der Waals surface area contributed by atoms with Gasteiger partial charge in [-0.3, -0.25) is 0 Å². The van der Waals surface area contributed by atoms with Crippen LogP contribution in [0.3, 0.4) is 0 Å². The summed E-state index contributed by atoms with van der Waals surface area (Å²) in [5.74, 6) is 0.0467. The summed E-state index contributed by atoms with van der Waals surface area (Å²) < 4.78 is 4.91. The van der Waals surface area contributed by atoms with E-state index < -0.39 is 0 Å². The number of hydrogen-bond acceptors (Lipinski definition) is 2. The van der Waals surface area contributed by atoms with Crippen LogP contribution >= 0.6 is 0 Å². The van der Waals surface area contributed by atoms with E-state index in [0.717, 1.165) is 19.3 Å². The third-order valence-corrected chi connectivity index (χ3v) is 2.85. The zero-order chi connectivity index (χ0) is 13.2. The predicted octanol–water partition coefficient (Wildman–Crippen LogP) is 4.08. The van der Waals surface area contributed by atoms with Crippen LogP contribution in [0.4, 0.5) is 0 Å². The molecule has 2 heteroatoms. The Morgan fingerprint density at radius 3 is 2.61 bits per heavy atom. The Bertz CT molecular complexity index is 368. The van der Waals surface area contributed by atoms with E-state index in [1.54, 1.807) is 6.08 Å². The Kier molecular flexibility index (Phi) is 6.85. The van der Waals surface area contributed by atoms with Crippen LogP contribution in [0, 0.1) is 0 Å². The molecule has 0 heterocycles. The second-order valence-electron chi connectivity index (χ2n) is 4.27. The molecule has 18 heavy (non-hydrogen) atoms. The quantitative estimate of drug-likeness (QED) is 0.535. The van der Waals surface area contributed by atoms with Gasteiger partial charge in [0, 0.05) is 12.0 Å². The van der Waals surface area contributed by atoms with Gasteiger partial charge in [0.25, 0.3) is 0 Å². The van der Waals surface area contributed by atoms with E-state index in [0.29, 0.717) is 12.5 Å². The first-order chi connectivity index (χ1) is 8.77. The van der Waals surface area contributed by atoms with Gasteiger partial charge in [0.15, 0.2) is 0 Å². The van der Waals surface area contributed by atoms with Gasteiger partial charge in [-0.15, -0.1) is 0 Å². The molecule has 2 nitrogen and oxygen atoms in total. The number of esters is 1. The molecule has 0 radical (unpaired) electrons. The van der Waals surface area contributed by atoms with Gasteiger partial charge in [-0.25, -0.2) is 4.79 Å². The summed E-state index contributed by atoms with van der Waals surface area (Å²) in [6.07, 6.45) is 6.90. The van der Waals surface area contributed by atoms with E-state index in [4.69, 9.17) is 4.74 Å². The Labute approximate surface area is 110 Å². The number of carbonyl (C=O) groups is 1. The number of hydrogen-bond donors (Lipinski definition) is 0. The maximum Gasteiger partial charge on any atom is 0.330 e. The van der Waals surface area contributed by atoms with E-state index in [9.17, 15) is 4.79 Å². The summed E-state index contributed by atoms with van der Waals surface area (Å²) in [6, 6.07) is 10.3. The molecule has 0 saturated heterocycles. The van der Waals surface area contributed by atoms with Crippen molar-refractivity contribution < 1.29 is 9.53 Å². The van der Waals surface area contributed by atoms with Crippen molar-refractivity contribution in [2.75, 3.05) is 6.61 Å². The molecule has 0 aliphatic rings. The van der Waals surface area contributed by atoms with E-state index in [1.807, 2.05) is 31.2 Å². The molecule has 0 aliphatic heterocycles. The monoisotopic (exact) mass is 246 g/mol. The molecule has 1 rings (SSSR count). The summed E-state index contributed by atoms with van der Waals surface area (Å²) in [7, 11) is 0. The van der Waals surface area contributed by atoms with Crippen molar-refractivity contribution in [3.63, 3.8) is 0 Å². The highest BCUT2D eigenvalue weighted by atomic mass is 16.5. The van der Waals surface area contributed by atoms with Crippen LogP contribution in [0.25, 0.3) is 0 Å². The van der Waals surface area contributed by atoms with Crippen LogP contribution in [0.15, 0.2) is 42.5 Å². The van der Waals surface area contributed by atoms with E-state index >= 15 is 0 Å². The van der Waals surface area contributed by atoms with Gasteiger partial charge in [0.1, 0.15) is 0 Å². The Morgan fingerprint density at radius 1 is 1.28 bits per heavy atom. The first kappa shape index (κ1) is 14.5. The SMILES string of the molecule is CCCCC(/C=C\C(=O)OCC)c1ccccc1. The lowest BCUT2D eigenvalue weighted by Crippen LogP contribution is -2.01. The van der Waals surface area contributed by atoms with Crippen molar-refractivity contribution >= 4 is 5.97 Å². The van der Waals surface area contributed by atoms with Crippen molar-refractivity contribution in [1.82, 2.24) is 0 Å². The maximum atomic E-state index is 11.3. The summed E-state index contributed by atoms with van der Waals surface area (Å²) in [5.41, 5.74) is 1.26. The lowest BCUT2D eigenvalue weighted by molar-refractivity contribution is -0.137. The predicted molar refractivity (Wildman–Crippen MR) is 74.5 cm³/mol. The molecule has 0 fully saturated rings. The summed E-state index contributed by atoms with van der Waals surface area (Å²) in [5, 5.41) is 0. The Hall–Kier alpha value is -1.57. The molecule has 1 aromatic rings. The lowest BCUT2D eigenvalue weighted by Gasteiger charge is -2.12. The third-order valence-electron chi connectivity index (χ3n) is 2.85. The zero-order valence-corrected chi connectivity index (χ0v) is 11.3. The van der Waals surface area contributed by atoms with Crippen LogP contribution in [0.5, 0.6) is 0 Å². The largest absolute Gasteiger partial charge is 0.463 e. The maximum absolute atomic E-state index is 11.3. The van der Waals surface area contributed by atoms with E-state index in [-0.39, 0.29) is 5.97 Å². The minimum atomic E-state index is -0.255. The Balaban J connectivity index is 2.70. The molecular formula is C16H22O2. The second kappa shape index (κ2) is 8.51. The standard InChI is InChI=1S/C16H22O2/c1-3-5-9-15(12-13-16(17)18-4-2)14-10-7-6-8-11-14/h6-8,10-13,15H,3-5,9H2,1-2H3/b13-12-. The van der Waals surface area contributed by atoms with Gasteiger partial charge in [-0.2, -0.15) is 0 Å². The minimum Gasteiger partial charge on any atom is -0.463 e. The fourth-order valence-corrected chi connectivity index (χ4v) is 1.88. The van der Waals surface area contributed by atoms with Crippen molar-refractivity contribution in [3.8, 4) is 0 Å². The number of unbranched alkanes of at least 4 members (excludes halogenated alkanes) is 1. The first-order valence-corrected chi connectivity index (χ1v) is 6.67. The van der Waals surface area contributed by atoms with E-state index in [1.165, 1.54) is 5.56 Å². The van der Waals surface area contributed by atoms with Gasteiger partial charge in [-0.1, -0.05) is 56.2 Å². The molecule has 0 aliphatic carbocycles. The highest BCUT2D eigenvalue weighted by Crippen LogP contribution is 2.23. The third kappa shape index (κ3) is 5.17. The second-order valence-corrected chi connectivity index (χ2v) is 4.27. The lowest BCUT2D eigenvalue weighted by atomic mass is 9.93. The van der Waals surface area contributed by atoms with Crippen LogP contribution in [-0.4, -0.2) is 12.6 Å². The molecule has 1 unspecified atom stereocenters. The van der Waals surface area contributed by atoms with Crippen molar-refractivity contribution in [1.29, 1.82) is 0 Å². The van der Waals surface area contributed by atoms with Gasteiger partial charge in [0.2, 0.25) is 0 Å². The Morgan fingerprint density at radius 2 is 2.00 bits per heavy atom. The number of benzene rings is 1. The fourth-order valence-electron chi connectivity index (χ4n) is 1.88. The highest BCUT2D eigenvalue weighted by Gasteiger charge is 2.07. The van der Waals surface area contributed by atoms with Gasteiger partial charge in [-0.05, 0) is 18.9 Å². The van der Waals surface area contributed by atoms with Crippen molar-refractivity contribution in [3.05, 3.63) is 48.0 Å². The number of ether oxygens (including phenoxy) is 1. The molecule has 0 saturated carbocycles. The number of allylic oxidation sites excluding steroid dienone is 1. The molecular weight excluding hydrogens is 224 g/mol. The summed E-state index contributed by atoms with van der Waals surface area (Å²) in [6.45, 7) is 4.42. The molecule has 0 bridgehead atoms. The number of rotatable bonds is 7. The van der Waals surface area contributed by atoms with Crippen LogP contribution in [0.2, 0.25) is 0 Å². The van der Waals surface area contributed by atoms with Crippen LogP contribution in [0.1, 0.15) is 44.6 Å². The molecule has 1 aromatic carbocycles. The average molecular weight is 246 g/mol. The normalized spacial score (nSPS) is 12.6. The molecule has 0 aromatic heterocycles. The average Bonchev–Trinajstić information content (AvgIpc) is 2.40. The van der Waals surface area contributed by atoms with Crippen molar-refractivity contribution in [2.45, 2.75) is 39.0 Å². The smallest absolute Gasteiger partial charge is 0.330 e. The zero-order valence-electron chi connectivity index (χ0n) is 11.3. The summed E-state index contributed by atoms with van der Waals surface area (Å²) in [4.78, 5) is 11.3.